The molecule has 1 aromatic rings. The van der Waals surface area contributed by atoms with Crippen molar-refractivity contribution in [3.8, 4) is 0 Å². The third-order valence-electron chi connectivity index (χ3n) is 2.33. The molecule has 0 radical (unpaired) electrons. The smallest absolute Gasteiger partial charge is 0.137 e. The Labute approximate surface area is 83.1 Å². The van der Waals surface area contributed by atoms with Crippen LogP contribution in [-0.2, 0) is 5.54 Å². The lowest BCUT2D eigenvalue weighted by molar-refractivity contribution is 0.552. The Hall–Kier alpha value is -0.480. The van der Waals surface area contributed by atoms with E-state index in [1.165, 1.54) is 0 Å². The molecule has 1 aliphatic rings. The number of benzene rings is 1. The van der Waals surface area contributed by atoms with E-state index < -0.39 is 17.2 Å². The molecule has 0 heterocycles. The van der Waals surface area contributed by atoms with Crippen LogP contribution in [-0.4, -0.2) is 0 Å². The topological polar surface area (TPSA) is 26.0 Å². The van der Waals surface area contributed by atoms with Gasteiger partial charge in [0, 0.05) is 11.1 Å². The minimum absolute atomic E-state index is 0.160. The molecule has 2 rings (SSSR count). The predicted octanol–water partition coefficient (Wildman–Crippen LogP) is 2.68. The van der Waals surface area contributed by atoms with Crippen LogP contribution in [0.25, 0.3) is 0 Å². The van der Waals surface area contributed by atoms with Crippen molar-refractivity contribution >= 4 is 15.9 Å². The highest BCUT2D eigenvalue weighted by molar-refractivity contribution is 9.10. The maximum absolute atomic E-state index is 13.3. The summed E-state index contributed by atoms with van der Waals surface area (Å²) in [6, 6.07) is 2.21. The summed E-state index contributed by atoms with van der Waals surface area (Å²) < 4.78 is 26.5. The highest BCUT2D eigenvalue weighted by atomic mass is 79.9. The molecule has 0 spiro atoms. The molecule has 0 aliphatic heterocycles. The fraction of sp³-hybridized carbons (Fsp3) is 0.333. The lowest BCUT2D eigenvalue weighted by Crippen LogP contribution is -2.21. The zero-order valence-electron chi connectivity index (χ0n) is 6.78. The molecule has 0 bridgehead atoms. The van der Waals surface area contributed by atoms with E-state index in [0.717, 1.165) is 12.1 Å². The van der Waals surface area contributed by atoms with Crippen molar-refractivity contribution in [3.63, 3.8) is 0 Å². The van der Waals surface area contributed by atoms with Crippen molar-refractivity contribution in [2.75, 3.05) is 0 Å². The van der Waals surface area contributed by atoms with Crippen LogP contribution >= 0.6 is 15.9 Å². The fourth-order valence-electron chi connectivity index (χ4n) is 1.37. The minimum Gasteiger partial charge on any atom is -0.321 e. The fourth-order valence-corrected chi connectivity index (χ4v) is 2.08. The Bertz CT molecular complexity index is 361. The lowest BCUT2D eigenvalue weighted by Gasteiger charge is -2.12. The van der Waals surface area contributed by atoms with E-state index in [9.17, 15) is 8.78 Å². The molecule has 1 fully saturated rings. The number of rotatable bonds is 1. The maximum Gasteiger partial charge on any atom is 0.137 e. The Morgan fingerprint density at radius 1 is 1.23 bits per heavy atom. The SMILES string of the molecule is NC1(c2c(F)ccc(F)c2Br)CC1. The molecular weight excluding hydrogens is 240 g/mol. The van der Waals surface area contributed by atoms with Gasteiger partial charge in [-0.1, -0.05) is 0 Å². The van der Waals surface area contributed by atoms with Crippen molar-refractivity contribution in [3.05, 3.63) is 33.8 Å². The minimum atomic E-state index is -0.648. The van der Waals surface area contributed by atoms with Crippen LogP contribution in [0, 0.1) is 11.6 Å². The van der Waals surface area contributed by atoms with E-state index in [-0.39, 0.29) is 10.0 Å². The van der Waals surface area contributed by atoms with Gasteiger partial charge in [0.05, 0.1) is 4.47 Å². The summed E-state index contributed by atoms with van der Waals surface area (Å²) in [6.45, 7) is 0. The van der Waals surface area contributed by atoms with Gasteiger partial charge in [-0.05, 0) is 40.9 Å². The van der Waals surface area contributed by atoms with Gasteiger partial charge in [0.25, 0.3) is 0 Å². The molecule has 0 atom stereocenters. The van der Waals surface area contributed by atoms with Crippen LogP contribution in [0.2, 0.25) is 0 Å². The van der Waals surface area contributed by atoms with E-state index in [4.69, 9.17) is 5.73 Å². The molecule has 0 aromatic heterocycles. The Kier molecular flexibility index (Phi) is 1.92. The lowest BCUT2D eigenvalue weighted by atomic mass is 10.1. The first-order chi connectivity index (χ1) is 6.04. The summed E-state index contributed by atoms with van der Waals surface area (Å²) >= 11 is 3.01. The zero-order chi connectivity index (χ0) is 9.64. The van der Waals surface area contributed by atoms with Crippen LogP contribution in [0.15, 0.2) is 16.6 Å². The first kappa shape index (κ1) is 9.09. The molecule has 1 aromatic carbocycles. The number of halogens is 3. The number of hydrogen-bond donors (Lipinski definition) is 1. The van der Waals surface area contributed by atoms with Crippen molar-refractivity contribution in [2.24, 2.45) is 5.73 Å². The third kappa shape index (κ3) is 1.38. The summed E-state index contributed by atoms with van der Waals surface area (Å²) in [7, 11) is 0. The summed E-state index contributed by atoms with van der Waals surface area (Å²) in [5.74, 6) is -0.901. The van der Waals surface area contributed by atoms with Gasteiger partial charge in [-0.2, -0.15) is 0 Å². The highest BCUT2D eigenvalue weighted by Crippen LogP contribution is 2.47. The largest absolute Gasteiger partial charge is 0.321 e. The molecule has 13 heavy (non-hydrogen) atoms. The average molecular weight is 248 g/mol. The second-order valence-electron chi connectivity index (χ2n) is 3.37. The standard InChI is InChI=1S/C9H8BrF2N/c10-8-6(12)2-1-5(11)7(8)9(13)3-4-9/h1-2H,3-4,13H2. The molecule has 4 heteroatoms. The van der Waals surface area contributed by atoms with Crippen molar-refractivity contribution in [2.45, 2.75) is 18.4 Å². The van der Waals surface area contributed by atoms with Crippen LogP contribution in [0.4, 0.5) is 8.78 Å². The molecular formula is C9H8BrF2N. The first-order valence-corrected chi connectivity index (χ1v) is 4.77. The van der Waals surface area contributed by atoms with Gasteiger partial charge in [-0.3, -0.25) is 0 Å². The van der Waals surface area contributed by atoms with Gasteiger partial charge < -0.3 is 5.73 Å². The average Bonchev–Trinajstić information content (AvgIpc) is 2.78. The molecule has 0 amide bonds. The van der Waals surface area contributed by atoms with Gasteiger partial charge >= 0.3 is 0 Å². The van der Waals surface area contributed by atoms with Gasteiger partial charge in [0.2, 0.25) is 0 Å². The molecule has 70 valence electrons. The highest BCUT2D eigenvalue weighted by Gasteiger charge is 2.44. The Balaban J connectivity index is 2.61. The predicted molar refractivity (Wildman–Crippen MR) is 49.2 cm³/mol. The zero-order valence-corrected chi connectivity index (χ0v) is 8.37. The van der Waals surface area contributed by atoms with Gasteiger partial charge in [0.1, 0.15) is 11.6 Å². The van der Waals surface area contributed by atoms with E-state index in [1.54, 1.807) is 0 Å². The summed E-state index contributed by atoms with van der Waals surface area (Å²) in [6.07, 6.45) is 1.43. The molecule has 2 N–H and O–H groups in total. The third-order valence-corrected chi connectivity index (χ3v) is 3.11. The van der Waals surface area contributed by atoms with Crippen molar-refractivity contribution in [1.82, 2.24) is 0 Å². The normalized spacial score (nSPS) is 18.8. The monoisotopic (exact) mass is 247 g/mol. The second kappa shape index (κ2) is 2.75. The van der Waals surface area contributed by atoms with Crippen molar-refractivity contribution < 1.29 is 8.78 Å². The van der Waals surface area contributed by atoms with E-state index in [2.05, 4.69) is 15.9 Å². The molecule has 0 saturated heterocycles. The molecule has 0 unspecified atom stereocenters. The second-order valence-corrected chi connectivity index (χ2v) is 4.17. The molecule has 1 aliphatic carbocycles. The van der Waals surface area contributed by atoms with Gasteiger partial charge in [-0.15, -0.1) is 0 Å². The van der Waals surface area contributed by atoms with E-state index >= 15 is 0 Å². The van der Waals surface area contributed by atoms with E-state index in [1.807, 2.05) is 0 Å². The van der Waals surface area contributed by atoms with E-state index in [0.29, 0.717) is 12.8 Å². The quantitative estimate of drug-likeness (QED) is 0.759. The van der Waals surface area contributed by atoms with Crippen LogP contribution in [0.3, 0.4) is 0 Å². The summed E-state index contributed by atoms with van der Waals surface area (Å²) in [5, 5.41) is 0. The Morgan fingerprint density at radius 2 is 1.77 bits per heavy atom. The Morgan fingerprint density at radius 3 is 2.31 bits per heavy atom. The van der Waals surface area contributed by atoms with Gasteiger partial charge in [0.15, 0.2) is 0 Å². The first-order valence-electron chi connectivity index (χ1n) is 3.97. The summed E-state index contributed by atoms with van der Waals surface area (Å²) in [5.41, 5.74) is 5.42. The summed E-state index contributed by atoms with van der Waals surface area (Å²) in [4.78, 5) is 0. The molecule has 1 nitrogen and oxygen atoms in total. The van der Waals surface area contributed by atoms with Crippen molar-refractivity contribution in [1.29, 1.82) is 0 Å². The number of nitrogens with two attached hydrogens (primary N) is 1. The van der Waals surface area contributed by atoms with Crippen LogP contribution in [0.1, 0.15) is 18.4 Å². The maximum atomic E-state index is 13.3. The van der Waals surface area contributed by atoms with Crippen LogP contribution < -0.4 is 5.73 Å². The van der Waals surface area contributed by atoms with Crippen LogP contribution in [0.5, 0.6) is 0 Å². The van der Waals surface area contributed by atoms with Gasteiger partial charge in [-0.25, -0.2) is 8.78 Å². The molecule has 1 saturated carbocycles. The number of hydrogen-bond acceptors (Lipinski definition) is 1.